The minimum Gasteiger partial charge on any atom is -0.457 e. The lowest BCUT2D eigenvalue weighted by atomic mass is 10.2. The number of benzene rings is 3. The smallest absolute Gasteiger partial charge is 0.131 e. The van der Waals surface area contributed by atoms with Gasteiger partial charge in [-0.05, 0) is 30.2 Å². The Morgan fingerprint density at radius 3 is 2.12 bits per heavy atom. The molecule has 0 fully saturated rings. The SMILES string of the molecule is O=[S@](CCc1ccccc1)Cc1ccccc1Oc1ccccc1. The summed E-state index contributed by atoms with van der Waals surface area (Å²) in [5.41, 5.74) is 2.20. The normalized spacial score (nSPS) is 11.8. The Morgan fingerprint density at radius 2 is 1.38 bits per heavy atom. The summed E-state index contributed by atoms with van der Waals surface area (Å²) >= 11 is 0. The minimum absolute atomic E-state index is 0.510. The Hall–Kier alpha value is -2.39. The fourth-order valence-electron chi connectivity index (χ4n) is 2.46. The molecule has 0 saturated carbocycles. The van der Waals surface area contributed by atoms with Crippen molar-refractivity contribution in [1.29, 1.82) is 0 Å². The lowest BCUT2D eigenvalue weighted by molar-refractivity contribution is 0.478. The molecule has 0 unspecified atom stereocenters. The molecule has 0 saturated heterocycles. The summed E-state index contributed by atoms with van der Waals surface area (Å²) < 4.78 is 18.4. The second-order valence-corrected chi connectivity index (χ2v) is 7.12. The van der Waals surface area contributed by atoms with Crippen LogP contribution in [0.1, 0.15) is 11.1 Å². The first-order valence-electron chi connectivity index (χ1n) is 8.01. The van der Waals surface area contributed by atoms with E-state index in [-0.39, 0.29) is 0 Å². The first-order chi connectivity index (χ1) is 11.8. The summed E-state index contributed by atoms with van der Waals surface area (Å²) in [4.78, 5) is 0. The molecular formula is C21H20O2S. The van der Waals surface area contributed by atoms with E-state index in [1.165, 1.54) is 5.56 Å². The van der Waals surface area contributed by atoms with Crippen molar-refractivity contribution in [3.05, 3.63) is 96.1 Å². The second kappa shape index (κ2) is 8.46. The predicted molar refractivity (Wildman–Crippen MR) is 99.8 cm³/mol. The first kappa shape index (κ1) is 16.5. The molecule has 3 aromatic rings. The Balaban J connectivity index is 1.63. The van der Waals surface area contributed by atoms with E-state index in [1.54, 1.807) is 0 Å². The van der Waals surface area contributed by atoms with Gasteiger partial charge in [0.2, 0.25) is 0 Å². The van der Waals surface area contributed by atoms with Gasteiger partial charge in [0.15, 0.2) is 0 Å². The van der Waals surface area contributed by atoms with Gasteiger partial charge in [-0.1, -0.05) is 66.7 Å². The van der Waals surface area contributed by atoms with Crippen molar-refractivity contribution in [2.24, 2.45) is 0 Å². The highest BCUT2D eigenvalue weighted by atomic mass is 32.2. The molecule has 0 aromatic heterocycles. The molecule has 0 amide bonds. The molecule has 3 aromatic carbocycles. The fraction of sp³-hybridized carbons (Fsp3) is 0.143. The number of hydrogen-bond acceptors (Lipinski definition) is 2. The number of para-hydroxylation sites is 2. The van der Waals surface area contributed by atoms with Gasteiger partial charge in [-0.15, -0.1) is 0 Å². The van der Waals surface area contributed by atoms with E-state index in [9.17, 15) is 4.21 Å². The lowest BCUT2D eigenvalue weighted by Gasteiger charge is -2.11. The van der Waals surface area contributed by atoms with Gasteiger partial charge >= 0.3 is 0 Å². The van der Waals surface area contributed by atoms with Crippen LogP contribution in [-0.4, -0.2) is 9.96 Å². The van der Waals surface area contributed by atoms with E-state index >= 15 is 0 Å². The van der Waals surface area contributed by atoms with Crippen LogP contribution in [-0.2, 0) is 23.0 Å². The van der Waals surface area contributed by atoms with Crippen LogP contribution in [0.2, 0.25) is 0 Å². The van der Waals surface area contributed by atoms with Crippen molar-refractivity contribution in [1.82, 2.24) is 0 Å². The van der Waals surface area contributed by atoms with Gasteiger partial charge in [0.25, 0.3) is 0 Å². The van der Waals surface area contributed by atoms with Gasteiger partial charge in [0, 0.05) is 22.1 Å². The Bertz CT molecular complexity index is 785. The summed E-state index contributed by atoms with van der Waals surface area (Å²) in [6, 6.07) is 27.7. The average Bonchev–Trinajstić information content (AvgIpc) is 2.63. The fourth-order valence-corrected chi connectivity index (χ4v) is 3.65. The molecule has 1 atom stereocenters. The van der Waals surface area contributed by atoms with Crippen LogP contribution < -0.4 is 4.74 Å². The maximum Gasteiger partial charge on any atom is 0.131 e. The van der Waals surface area contributed by atoms with Gasteiger partial charge in [0.1, 0.15) is 11.5 Å². The highest BCUT2D eigenvalue weighted by Crippen LogP contribution is 2.26. The molecule has 0 radical (unpaired) electrons. The van der Waals surface area contributed by atoms with E-state index < -0.39 is 10.8 Å². The standard InChI is InChI=1S/C21H20O2S/c22-24(16-15-18-9-3-1-4-10-18)17-19-11-7-8-14-21(19)23-20-12-5-2-6-13-20/h1-14H,15-17H2/t24-/m1/s1. The molecule has 0 spiro atoms. The van der Waals surface area contributed by atoms with Gasteiger partial charge in [0.05, 0.1) is 5.75 Å². The van der Waals surface area contributed by atoms with Crippen molar-refractivity contribution in [3.8, 4) is 11.5 Å². The summed E-state index contributed by atoms with van der Waals surface area (Å²) in [7, 11) is -0.920. The molecule has 0 aliphatic rings. The molecule has 3 heteroatoms. The van der Waals surface area contributed by atoms with Gasteiger partial charge < -0.3 is 4.74 Å². The third kappa shape index (κ3) is 4.80. The highest BCUT2D eigenvalue weighted by molar-refractivity contribution is 7.84. The summed E-state index contributed by atoms with van der Waals surface area (Å²) in [6.45, 7) is 0. The quantitative estimate of drug-likeness (QED) is 0.609. The van der Waals surface area contributed by atoms with Gasteiger partial charge in [-0.25, -0.2) is 0 Å². The largest absolute Gasteiger partial charge is 0.457 e. The predicted octanol–water partition coefficient (Wildman–Crippen LogP) is 4.97. The van der Waals surface area contributed by atoms with Gasteiger partial charge in [-0.3, -0.25) is 4.21 Å². The maximum atomic E-state index is 12.4. The van der Waals surface area contributed by atoms with E-state index in [2.05, 4.69) is 12.1 Å². The van der Waals surface area contributed by atoms with Crippen molar-refractivity contribution >= 4 is 10.8 Å². The zero-order valence-corrected chi connectivity index (χ0v) is 14.2. The average molecular weight is 336 g/mol. The van der Waals surface area contributed by atoms with Crippen LogP contribution in [0.25, 0.3) is 0 Å². The molecule has 24 heavy (non-hydrogen) atoms. The van der Waals surface area contributed by atoms with Crippen LogP contribution in [0.15, 0.2) is 84.9 Å². The van der Waals surface area contributed by atoms with E-state index in [1.807, 2.05) is 72.8 Å². The number of ether oxygens (including phenoxy) is 1. The van der Waals surface area contributed by atoms with Crippen molar-refractivity contribution in [3.63, 3.8) is 0 Å². The molecule has 0 aliphatic heterocycles. The Labute approximate surface area is 145 Å². The number of aryl methyl sites for hydroxylation is 1. The van der Waals surface area contributed by atoms with E-state index in [0.29, 0.717) is 11.5 Å². The highest BCUT2D eigenvalue weighted by Gasteiger charge is 2.09. The van der Waals surface area contributed by atoms with Crippen LogP contribution in [0.3, 0.4) is 0 Å². The van der Waals surface area contributed by atoms with Crippen LogP contribution in [0.5, 0.6) is 11.5 Å². The number of rotatable bonds is 7. The molecule has 0 bridgehead atoms. The van der Waals surface area contributed by atoms with E-state index in [0.717, 1.165) is 23.5 Å². The molecule has 0 N–H and O–H groups in total. The zero-order chi connectivity index (χ0) is 16.6. The molecule has 0 heterocycles. The first-order valence-corrected chi connectivity index (χ1v) is 9.50. The topological polar surface area (TPSA) is 26.3 Å². The zero-order valence-electron chi connectivity index (χ0n) is 13.4. The van der Waals surface area contributed by atoms with Gasteiger partial charge in [-0.2, -0.15) is 0 Å². The van der Waals surface area contributed by atoms with Crippen molar-refractivity contribution in [2.45, 2.75) is 12.2 Å². The summed E-state index contributed by atoms with van der Waals surface area (Å²) in [6.07, 6.45) is 0.829. The van der Waals surface area contributed by atoms with Crippen molar-refractivity contribution in [2.75, 3.05) is 5.75 Å². The van der Waals surface area contributed by atoms with Crippen LogP contribution in [0.4, 0.5) is 0 Å². The number of hydrogen-bond donors (Lipinski definition) is 0. The minimum atomic E-state index is -0.920. The maximum absolute atomic E-state index is 12.4. The Kier molecular flexibility index (Phi) is 5.80. The Morgan fingerprint density at radius 1 is 0.750 bits per heavy atom. The molecule has 0 aliphatic carbocycles. The molecular weight excluding hydrogens is 316 g/mol. The third-order valence-electron chi connectivity index (χ3n) is 3.72. The van der Waals surface area contributed by atoms with Crippen LogP contribution >= 0.6 is 0 Å². The molecule has 122 valence electrons. The van der Waals surface area contributed by atoms with Crippen LogP contribution in [0, 0.1) is 0 Å². The lowest BCUT2D eigenvalue weighted by Crippen LogP contribution is -2.05. The summed E-state index contributed by atoms with van der Waals surface area (Å²) in [5, 5.41) is 0. The van der Waals surface area contributed by atoms with E-state index in [4.69, 9.17) is 4.74 Å². The molecule has 2 nitrogen and oxygen atoms in total. The second-order valence-electron chi connectivity index (χ2n) is 5.55. The monoisotopic (exact) mass is 336 g/mol. The summed E-state index contributed by atoms with van der Waals surface area (Å²) in [5.74, 6) is 2.73. The third-order valence-corrected chi connectivity index (χ3v) is 5.01. The van der Waals surface area contributed by atoms with Crippen molar-refractivity contribution < 1.29 is 8.95 Å². The molecule has 3 rings (SSSR count).